The van der Waals surface area contributed by atoms with Crippen LogP contribution in [-0.2, 0) is 9.59 Å². The van der Waals surface area contributed by atoms with E-state index >= 15 is 0 Å². The van der Waals surface area contributed by atoms with Crippen LogP contribution in [0.4, 0.5) is 0 Å². The van der Waals surface area contributed by atoms with Gasteiger partial charge in [0.05, 0.1) is 0 Å². The van der Waals surface area contributed by atoms with E-state index in [0.717, 1.165) is 32.1 Å². The Bertz CT molecular complexity index is 274. The minimum absolute atomic E-state index is 0.110. The molecule has 3 N–H and O–H groups in total. The molecular weight excluding hydrogens is 206 g/mol. The first kappa shape index (κ1) is 13.0. The Morgan fingerprint density at radius 2 is 1.94 bits per heavy atom. The zero-order chi connectivity index (χ0) is 12.3. The predicted molar refractivity (Wildman–Crippen MR) is 60.7 cm³/mol. The van der Waals surface area contributed by atoms with Gasteiger partial charge in [-0.05, 0) is 25.2 Å². The Kier molecular flexibility index (Phi) is 3.94. The van der Waals surface area contributed by atoms with E-state index in [1.807, 2.05) is 6.92 Å². The van der Waals surface area contributed by atoms with Gasteiger partial charge in [0.25, 0.3) is 0 Å². The molecule has 4 nitrogen and oxygen atoms in total. The zero-order valence-electron chi connectivity index (χ0n) is 10.0. The van der Waals surface area contributed by atoms with Crippen LogP contribution in [0.3, 0.4) is 0 Å². The van der Waals surface area contributed by atoms with E-state index in [-0.39, 0.29) is 5.92 Å². The largest absolute Gasteiger partial charge is 0.480 e. The Morgan fingerprint density at radius 3 is 2.38 bits per heavy atom. The minimum atomic E-state index is -1.40. The summed E-state index contributed by atoms with van der Waals surface area (Å²) in [5.74, 6) is -1.58. The molecule has 0 radical (unpaired) electrons. The van der Waals surface area contributed by atoms with Crippen LogP contribution in [0.15, 0.2) is 0 Å². The Balaban J connectivity index is 3.01. The zero-order valence-corrected chi connectivity index (χ0v) is 10.0. The summed E-state index contributed by atoms with van der Waals surface area (Å²) in [6.45, 7) is 3.53. The molecule has 3 unspecified atom stereocenters. The molecule has 92 valence electrons. The standard InChI is InChI=1S/C12H21NO3/c1-3-8-6-4-5-7-9(8)12(2,10(13)14)11(15)16/h8-9H,3-7H2,1-2H3,(H2,13,14)(H,15,16). The molecular formula is C12H21NO3. The topological polar surface area (TPSA) is 80.4 Å². The summed E-state index contributed by atoms with van der Waals surface area (Å²) in [4.78, 5) is 22.8. The maximum absolute atomic E-state index is 11.5. The van der Waals surface area contributed by atoms with E-state index < -0.39 is 17.3 Å². The molecule has 1 aliphatic carbocycles. The predicted octanol–water partition coefficient (Wildman–Crippen LogP) is 1.78. The van der Waals surface area contributed by atoms with E-state index in [0.29, 0.717) is 5.92 Å². The Hall–Kier alpha value is -1.06. The van der Waals surface area contributed by atoms with E-state index in [4.69, 9.17) is 5.73 Å². The molecule has 0 aromatic carbocycles. The summed E-state index contributed by atoms with van der Waals surface area (Å²) in [5.41, 5.74) is 3.90. The molecule has 0 saturated heterocycles. The second kappa shape index (κ2) is 4.85. The van der Waals surface area contributed by atoms with Gasteiger partial charge >= 0.3 is 5.97 Å². The maximum Gasteiger partial charge on any atom is 0.319 e. The molecule has 16 heavy (non-hydrogen) atoms. The molecule has 1 rings (SSSR count). The summed E-state index contributed by atoms with van der Waals surface area (Å²) < 4.78 is 0. The van der Waals surface area contributed by atoms with Crippen molar-refractivity contribution >= 4 is 11.9 Å². The van der Waals surface area contributed by atoms with Crippen molar-refractivity contribution in [1.29, 1.82) is 0 Å². The Morgan fingerprint density at radius 1 is 1.38 bits per heavy atom. The highest BCUT2D eigenvalue weighted by molar-refractivity contribution is 6.01. The lowest BCUT2D eigenvalue weighted by atomic mass is 9.63. The van der Waals surface area contributed by atoms with Gasteiger partial charge in [-0.3, -0.25) is 9.59 Å². The molecule has 1 fully saturated rings. The Labute approximate surface area is 96.2 Å². The molecule has 0 heterocycles. The van der Waals surface area contributed by atoms with Gasteiger partial charge in [0.15, 0.2) is 0 Å². The SMILES string of the molecule is CCC1CCCCC1C(C)(C(N)=O)C(=O)O. The number of aliphatic carboxylic acids is 1. The molecule has 0 spiro atoms. The smallest absolute Gasteiger partial charge is 0.319 e. The second-order valence-corrected chi connectivity index (χ2v) is 4.93. The third-order valence-electron chi connectivity index (χ3n) is 4.13. The quantitative estimate of drug-likeness (QED) is 0.718. The third-order valence-corrected chi connectivity index (χ3v) is 4.13. The average Bonchev–Trinajstić information content (AvgIpc) is 2.27. The van der Waals surface area contributed by atoms with Crippen LogP contribution in [0.25, 0.3) is 0 Å². The second-order valence-electron chi connectivity index (χ2n) is 4.93. The molecule has 3 atom stereocenters. The minimum Gasteiger partial charge on any atom is -0.480 e. The number of hydrogen-bond acceptors (Lipinski definition) is 2. The van der Waals surface area contributed by atoms with Crippen molar-refractivity contribution in [2.75, 3.05) is 0 Å². The fourth-order valence-corrected chi connectivity index (χ4v) is 2.90. The van der Waals surface area contributed by atoms with Crippen molar-refractivity contribution in [3.63, 3.8) is 0 Å². The van der Waals surface area contributed by atoms with E-state index in [1.54, 1.807) is 0 Å². The van der Waals surface area contributed by atoms with E-state index in [2.05, 4.69) is 0 Å². The first-order valence-corrected chi connectivity index (χ1v) is 5.97. The normalized spacial score (nSPS) is 29.4. The number of nitrogens with two attached hydrogens (primary N) is 1. The molecule has 0 aliphatic heterocycles. The van der Waals surface area contributed by atoms with E-state index in [1.165, 1.54) is 6.92 Å². The van der Waals surface area contributed by atoms with Crippen LogP contribution in [0.5, 0.6) is 0 Å². The summed E-state index contributed by atoms with van der Waals surface area (Å²) in [6.07, 6.45) is 4.85. The highest BCUT2D eigenvalue weighted by Gasteiger charge is 2.49. The van der Waals surface area contributed by atoms with Crippen LogP contribution in [0.2, 0.25) is 0 Å². The van der Waals surface area contributed by atoms with Gasteiger partial charge in [-0.25, -0.2) is 0 Å². The number of primary amides is 1. The summed E-state index contributed by atoms with van der Waals surface area (Å²) in [5, 5.41) is 9.27. The number of carboxylic acid groups (broad SMARTS) is 1. The molecule has 0 aromatic rings. The van der Waals surface area contributed by atoms with Gasteiger partial charge in [-0.2, -0.15) is 0 Å². The van der Waals surface area contributed by atoms with Crippen molar-refractivity contribution in [3.8, 4) is 0 Å². The number of carbonyl (C=O) groups is 2. The highest BCUT2D eigenvalue weighted by Crippen LogP contribution is 2.43. The number of rotatable bonds is 4. The monoisotopic (exact) mass is 227 g/mol. The first-order valence-electron chi connectivity index (χ1n) is 5.97. The first-order chi connectivity index (χ1) is 7.44. The van der Waals surface area contributed by atoms with Crippen molar-refractivity contribution in [1.82, 2.24) is 0 Å². The summed E-state index contributed by atoms with van der Waals surface area (Å²) in [7, 11) is 0. The van der Waals surface area contributed by atoms with Crippen molar-refractivity contribution in [2.24, 2.45) is 23.0 Å². The van der Waals surface area contributed by atoms with Gasteiger partial charge < -0.3 is 10.8 Å². The highest BCUT2D eigenvalue weighted by atomic mass is 16.4. The van der Waals surface area contributed by atoms with Crippen LogP contribution < -0.4 is 5.73 Å². The lowest BCUT2D eigenvalue weighted by Crippen LogP contribution is -2.50. The fourth-order valence-electron chi connectivity index (χ4n) is 2.90. The molecule has 1 amide bonds. The van der Waals surface area contributed by atoms with Gasteiger partial charge in [-0.15, -0.1) is 0 Å². The molecule has 0 aromatic heterocycles. The molecule has 0 bridgehead atoms. The van der Waals surface area contributed by atoms with Gasteiger partial charge in [0.2, 0.25) is 5.91 Å². The lowest BCUT2D eigenvalue weighted by Gasteiger charge is -2.39. The fraction of sp³-hybridized carbons (Fsp3) is 0.833. The van der Waals surface area contributed by atoms with Crippen LogP contribution in [0, 0.1) is 17.3 Å². The molecule has 1 aliphatic rings. The third kappa shape index (κ3) is 2.06. The number of carbonyl (C=O) groups excluding carboxylic acids is 1. The molecule has 4 heteroatoms. The maximum atomic E-state index is 11.5. The van der Waals surface area contributed by atoms with Crippen LogP contribution in [-0.4, -0.2) is 17.0 Å². The van der Waals surface area contributed by atoms with Gasteiger partial charge in [0, 0.05) is 0 Å². The van der Waals surface area contributed by atoms with E-state index in [9.17, 15) is 14.7 Å². The number of carboxylic acids is 1. The number of hydrogen-bond donors (Lipinski definition) is 2. The summed E-state index contributed by atoms with van der Waals surface area (Å²) in [6, 6.07) is 0. The van der Waals surface area contributed by atoms with Gasteiger partial charge in [0.1, 0.15) is 5.41 Å². The average molecular weight is 227 g/mol. The number of amides is 1. The van der Waals surface area contributed by atoms with Crippen LogP contribution in [0.1, 0.15) is 46.0 Å². The lowest BCUT2D eigenvalue weighted by molar-refractivity contribution is -0.160. The van der Waals surface area contributed by atoms with Crippen molar-refractivity contribution < 1.29 is 14.7 Å². The summed E-state index contributed by atoms with van der Waals surface area (Å²) >= 11 is 0. The molecule has 1 saturated carbocycles. The van der Waals surface area contributed by atoms with Crippen molar-refractivity contribution in [3.05, 3.63) is 0 Å². The van der Waals surface area contributed by atoms with Crippen LogP contribution >= 0.6 is 0 Å². The van der Waals surface area contributed by atoms with Gasteiger partial charge in [-0.1, -0.05) is 32.6 Å². The van der Waals surface area contributed by atoms with Crippen molar-refractivity contribution in [2.45, 2.75) is 46.0 Å².